The fourth-order valence-corrected chi connectivity index (χ4v) is 1.60. The molecule has 1 aromatic heterocycles. The predicted octanol–water partition coefficient (Wildman–Crippen LogP) is 2.70. The van der Waals surface area contributed by atoms with Crippen LogP contribution in [-0.4, -0.2) is 21.7 Å². The lowest BCUT2D eigenvalue weighted by atomic mass is 10.1. The molecule has 2 rings (SSSR count). The number of rotatable bonds is 3. The van der Waals surface area contributed by atoms with Gasteiger partial charge in [-0.1, -0.05) is 12.1 Å². The maximum atomic E-state index is 12.4. The normalized spacial score (nSPS) is 11.6. The molecule has 0 aliphatic heterocycles. The second-order valence-electron chi connectivity index (χ2n) is 3.92. The Balaban J connectivity index is 2.29. The summed E-state index contributed by atoms with van der Waals surface area (Å²) < 4.78 is 37.3. The van der Waals surface area contributed by atoms with Crippen molar-refractivity contribution in [1.82, 2.24) is 9.97 Å². The van der Waals surface area contributed by atoms with E-state index in [0.29, 0.717) is 23.5 Å². The van der Waals surface area contributed by atoms with E-state index < -0.39 is 11.7 Å². The van der Waals surface area contributed by atoms with Crippen LogP contribution in [0.2, 0.25) is 0 Å². The van der Waals surface area contributed by atoms with Crippen molar-refractivity contribution in [2.24, 2.45) is 0 Å². The Hall–Kier alpha value is -1.95. The van der Waals surface area contributed by atoms with E-state index in [0.717, 1.165) is 12.1 Å². The summed E-state index contributed by atoms with van der Waals surface area (Å²) in [6.07, 6.45) is -2.45. The summed E-state index contributed by atoms with van der Waals surface area (Å²) in [6, 6.07) is 6.32. The molecule has 3 nitrogen and oxygen atoms in total. The third-order valence-electron chi connectivity index (χ3n) is 2.55. The maximum absolute atomic E-state index is 12.4. The Kier molecular flexibility index (Phi) is 3.80. The number of hydrogen-bond donors (Lipinski definition) is 1. The molecule has 1 N–H and O–H groups in total. The summed E-state index contributed by atoms with van der Waals surface area (Å²) in [7, 11) is 0. The van der Waals surface area contributed by atoms with Crippen LogP contribution in [0.5, 0.6) is 0 Å². The molecule has 0 atom stereocenters. The van der Waals surface area contributed by atoms with E-state index in [1.807, 2.05) is 0 Å². The molecule has 0 spiro atoms. The average molecular weight is 268 g/mol. The third kappa shape index (κ3) is 3.29. The minimum Gasteiger partial charge on any atom is -0.396 e. The van der Waals surface area contributed by atoms with Gasteiger partial charge < -0.3 is 5.11 Å². The van der Waals surface area contributed by atoms with E-state index in [-0.39, 0.29) is 6.61 Å². The molecule has 0 radical (unpaired) electrons. The van der Waals surface area contributed by atoms with Crippen molar-refractivity contribution in [3.05, 3.63) is 47.8 Å². The van der Waals surface area contributed by atoms with Crippen LogP contribution in [0.1, 0.15) is 11.3 Å². The minimum atomic E-state index is -4.35. The van der Waals surface area contributed by atoms with Crippen LogP contribution in [0.25, 0.3) is 11.4 Å². The van der Waals surface area contributed by atoms with Crippen LogP contribution >= 0.6 is 0 Å². The Labute approximate surface area is 107 Å². The van der Waals surface area contributed by atoms with Crippen LogP contribution in [-0.2, 0) is 12.6 Å². The smallest absolute Gasteiger partial charge is 0.396 e. The quantitative estimate of drug-likeness (QED) is 0.931. The number of hydrogen-bond acceptors (Lipinski definition) is 3. The monoisotopic (exact) mass is 268 g/mol. The van der Waals surface area contributed by atoms with Gasteiger partial charge in [0.1, 0.15) is 0 Å². The third-order valence-corrected chi connectivity index (χ3v) is 2.55. The number of aliphatic hydroxyl groups is 1. The standard InChI is InChI=1S/C13H11F3N2O/c14-13(15,16)10-3-1-9(2-4-10)12-17-7-5-11(18-12)6-8-19/h1-5,7,19H,6,8H2. The molecule has 1 aromatic carbocycles. The average Bonchev–Trinajstić information content (AvgIpc) is 2.39. The number of nitrogens with zero attached hydrogens (tertiary/aromatic N) is 2. The van der Waals surface area contributed by atoms with Gasteiger partial charge in [-0.2, -0.15) is 13.2 Å². The number of aliphatic hydroxyl groups excluding tert-OH is 1. The molecule has 0 bridgehead atoms. The maximum Gasteiger partial charge on any atom is 0.416 e. The minimum absolute atomic E-state index is 0.0382. The van der Waals surface area contributed by atoms with E-state index in [9.17, 15) is 13.2 Å². The molecule has 0 amide bonds. The first-order chi connectivity index (χ1) is 9.00. The molecule has 2 aromatic rings. The van der Waals surface area contributed by atoms with Crippen molar-refractivity contribution in [2.75, 3.05) is 6.61 Å². The van der Waals surface area contributed by atoms with Crippen molar-refractivity contribution in [3.63, 3.8) is 0 Å². The van der Waals surface area contributed by atoms with Crippen LogP contribution in [0.3, 0.4) is 0 Å². The molecule has 0 aliphatic carbocycles. The summed E-state index contributed by atoms with van der Waals surface area (Å²) in [5, 5.41) is 8.82. The summed E-state index contributed by atoms with van der Waals surface area (Å²) in [5.74, 6) is 0.347. The Bertz CT molecular complexity index is 553. The predicted molar refractivity (Wildman–Crippen MR) is 63.3 cm³/mol. The number of alkyl halides is 3. The highest BCUT2D eigenvalue weighted by Gasteiger charge is 2.30. The van der Waals surface area contributed by atoms with Gasteiger partial charge >= 0.3 is 6.18 Å². The van der Waals surface area contributed by atoms with Gasteiger partial charge in [-0.25, -0.2) is 9.97 Å². The highest BCUT2D eigenvalue weighted by atomic mass is 19.4. The second kappa shape index (κ2) is 5.36. The molecule has 19 heavy (non-hydrogen) atoms. The molecule has 0 saturated carbocycles. The lowest BCUT2D eigenvalue weighted by molar-refractivity contribution is -0.137. The molecule has 6 heteroatoms. The first kappa shape index (κ1) is 13.5. The SMILES string of the molecule is OCCc1ccnc(-c2ccc(C(F)(F)F)cc2)n1. The first-order valence-corrected chi connectivity index (χ1v) is 5.61. The largest absolute Gasteiger partial charge is 0.416 e. The molecule has 0 saturated heterocycles. The van der Waals surface area contributed by atoms with Crippen LogP contribution in [0, 0.1) is 0 Å². The number of benzene rings is 1. The van der Waals surface area contributed by atoms with Gasteiger partial charge in [0, 0.05) is 30.5 Å². The topological polar surface area (TPSA) is 46.0 Å². The lowest BCUT2D eigenvalue weighted by Crippen LogP contribution is -2.04. The Morgan fingerprint density at radius 3 is 2.32 bits per heavy atom. The fraction of sp³-hybridized carbons (Fsp3) is 0.231. The highest BCUT2D eigenvalue weighted by molar-refractivity contribution is 5.55. The molecule has 0 fully saturated rings. The van der Waals surface area contributed by atoms with Crippen LogP contribution in [0.15, 0.2) is 36.5 Å². The van der Waals surface area contributed by atoms with E-state index in [1.54, 1.807) is 6.07 Å². The van der Waals surface area contributed by atoms with Gasteiger partial charge in [-0.3, -0.25) is 0 Å². The van der Waals surface area contributed by atoms with Gasteiger partial charge in [-0.15, -0.1) is 0 Å². The van der Waals surface area contributed by atoms with Crippen LogP contribution < -0.4 is 0 Å². The van der Waals surface area contributed by atoms with Crippen molar-refractivity contribution >= 4 is 0 Å². The first-order valence-electron chi connectivity index (χ1n) is 5.61. The Morgan fingerprint density at radius 1 is 1.05 bits per heavy atom. The second-order valence-corrected chi connectivity index (χ2v) is 3.92. The van der Waals surface area contributed by atoms with E-state index >= 15 is 0 Å². The number of aromatic nitrogens is 2. The fourth-order valence-electron chi connectivity index (χ4n) is 1.60. The molecule has 0 unspecified atom stereocenters. The van der Waals surface area contributed by atoms with E-state index in [2.05, 4.69) is 9.97 Å². The van der Waals surface area contributed by atoms with Gasteiger partial charge in [0.2, 0.25) is 0 Å². The van der Waals surface area contributed by atoms with Crippen molar-refractivity contribution in [1.29, 1.82) is 0 Å². The molecule has 100 valence electrons. The van der Waals surface area contributed by atoms with Crippen molar-refractivity contribution in [2.45, 2.75) is 12.6 Å². The summed E-state index contributed by atoms with van der Waals surface area (Å²) >= 11 is 0. The molecular weight excluding hydrogens is 257 g/mol. The van der Waals surface area contributed by atoms with Gasteiger partial charge in [0.25, 0.3) is 0 Å². The van der Waals surface area contributed by atoms with Gasteiger partial charge in [0.05, 0.1) is 5.56 Å². The lowest BCUT2D eigenvalue weighted by Gasteiger charge is -2.07. The number of halogens is 3. The Morgan fingerprint density at radius 2 is 1.74 bits per heavy atom. The summed E-state index contributed by atoms with van der Waals surface area (Å²) in [5.41, 5.74) is 0.447. The van der Waals surface area contributed by atoms with Crippen molar-refractivity contribution in [3.8, 4) is 11.4 Å². The van der Waals surface area contributed by atoms with Gasteiger partial charge in [0.15, 0.2) is 5.82 Å². The highest BCUT2D eigenvalue weighted by Crippen LogP contribution is 2.30. The summed E-state index contributed by atoms with van der Waals surface area (Å²) in [6.45, 7) is -0.0382. The van der Waals surface area contributed by atoms with Gasteiger partial charge in [-0.05, 0) is 18.2 Å². The molecule has 0 aliphatic rings. The van der Waals surface area contributed by atoms with Crippen LogP contribution in [0.4, 0.5) is 13.2 Å². The zero-order chi connectivity index (χ0) is 13.9. The van der Waals surface area contributed by atoms with E-state index in [4.69, 9.17) is 5.11 Å². The zero-order valence-electron chi connectivity index (χ0n) is 9.85. The molecular formula is C13H11F3N2O. The van der Waals surface area contributed by atoms with E-state index in [1.165, 1.54) is 18.3 Å². The molecule has 1 heterocycles. The zero-order valence-corrected chi connectivity index (χ0v) is 9.85. The summed E-state index contributed by atoms with van der Waals surface area (Å²) in [4.78, 5) is 8.18. The van der Waals surface area contributed by atoms with Crippen molar-refractivity contribution < 1.29 is 18.3 Å².